The van der Waals surface area contributed by atoms with E-state index in [-0.39, 0.29) is 31.2 Å². The molecule has 0 aromatic heterocycles. The number of hydrogen-bond donors (Lipinski definition) is 1. The van der Waals surface area contributed by atoms with E-state index in [0.29, 0.717) is 22.1 Å². The highest BCUT2D eigenvalue weighted by atomic mass is 35.5. The zero-order chi connectivity index (χ0) is 24.0. The lowest BCUT2D eigenvalue weighted by Gasteiger charge is -2.27. The van der Waals surface area contributed by atoms with Crippen molar-refractivity contribution in [1.82, 2.24) is 4.90 Å². The monoisotopic (exact) mass is 472 g/mol. The third-order valence-corrected chi connectivity index (χ3v) is 5.15. The van der Waals surface area contributed by atoms with Crippen molar-refractivity contribution < 1.29 is 23.9 Å². The van der Waals surface area contributed by atoms with Crippen LogP contribution in [0.1, 0.15) is 13.3 Å². The molecule has 0 bridgehead atoms. The molecule has 10 heteroatoms. The average molecular weight is 473 g/mol. The molecule has 0 aliphatic carbocycles. The highest BCUT2D eigenvalue weighted by Gasteiger charge is 2.38. The van der Waals surface area contributed by atoms with Crippen LogP contribution in [0.4, 0.5) is 11.4 Å². The van der Waals surface area contributed by atoms with Crippen molar-refractivity contribution in [1.29, 1.82) is 0 Å². The number of likely N-dealkylation sites (N-methyl/N-ethyl adjacent to an activating group) is 1. The fourth-order valence-electron chi connectivity index (χ4n) is 3.37. The summed E-state index contributed by atoms with van der Waals surface area (Å²) in [5, 5.41) is 8.97. The van der Waals surface area contributed by atoms with E-state index in [0.717, 1.165) is 0 Å². The van der Waals surface area contributed by atoms with E-state index < -0.39 is 17.9 Å². The topological polar surface area (TPSA) is 101 Å². The van der Waals surface area contributed by atoms with Crippen molar-refractivity contribution in [2.24, 2.45) is 5.10 Å². The standard InChI is InChI=1S/C23H25ClN4O5/c1-4-33-23(31)18-13-19(28(26-18)16-8-6-5-7-9-16)22(30)27(2)14-21(29)25-17-12-15(24)10-11-20(17)32-3/h5-12,19H,4,13-14H2,1-3H3,(H,25,29). The number of hydrogen-bond acceptors (Lipinski definition) is 7. The first-order valence-electron chi connectivity index (χ1n) is 10.3. The quantitative estimate of drug-likeness (QED) is 0.593. The molecule has 0 saturated carbocycles. The summed E-state index contributed by atoms with van der Waals surface area (Å²) in [6.07, 6.45) is 0.0701. The number of nitrogens with zero attached hydrogens (tertiary/aromatic N) is 3. The van der Waals surface area contributed by atoms with Crippen LogP contribution in [0, 0.1) is 0 Å². The average Bonchev–Trinajstić information content (AvgIpc) is 3.25. The number of nitrogens with one attached hydrogen (secondary N) is 1. The third-order valence-electron chi connectivity index (χ3n) is 4.92. The summed E-state index contributed by atoms with van der Waals surface area (Å²) in [6.45, 7) is 1.68. The fraction of sp³-hybridized carbons (Fsp3) is 0.304. The zero-order valence-electron chi connectivity index (χ0n) is 18.6. The molecule has 3 rings (SSSR count). The minimum atomic E-state index is -0.787. The first-order valence-corrected chi connectivity index (χ1v) is 10.7. The van der Waals surface area contributed by atoms with Crippen LogP contribution in [0.25, 0.3) is 0 Å². The lowest BCUT2D eigenvalue weighted by Crippen LogP contribution is -2.46. The number of methoxy groups -OCH3 is 1. The predicted molar refractivity (Wildman–Crippen MR) is 126 cm³/mol. The Labute approximate surface area is 196 Å². The molecular formula is C23H25ClN4O5. The smallest absolute Gasteiger partial charge is 0.354 e. The maximum atomic E-state index is 13.3. The molecule has 0 spiro atoms. The van der Waals surface area contributed by atoms with Crippen LogP contribution >= 0.6 is 11.6 Å². The number of anilines is 2. The lowest BCUT2D eigenvalue weighted by atomic mass is 10.1. The molecule has 2 aromatic carbocycles. The minimum absolute atomic E-state index is 0.0701. The van der Waals surface area contributed by atoms with Crippen LogP contribution in [0.3, 0.4) is 0 Å². The van der Waals surface area contributed by atoms with Gasteiger partial charge in [0.05, 0.1) is 31.6 Å². The molecule has 1 aliphatic heterocycles. The number of para-hydroxylation sites is 1. The Morgan fingerprint density at radius 3 is 2.61 bits per heavy atom. The number of benzene rings is 2. The van der Waals surface area contributed by atoms with Crippen molar-refractivity contribution >= 4 is 46.5 Å². The van der Waals surface area contributed by atoms with Gasteiger partial charge in [-0.05, 0) is 37.3 Å². The molecule has 174 valence electrons. The number of ether oxygens (including phenoxy) is 2. The SMILES string of the molecule is CCOC(=O)C1=NN(c2ccccc2)C(C(=O)N(C)CC(=O)Nc2cc(Cl)ccc2OC)C1. The summed E-state index contributed by atoms with van der Waals surface area (Å²) in [5.74, 6) is -0.917. The first kappa shape index (κ1) is 24.1. The van der Waals surface area contributed by atoms with Crippen LogP contribution in [0.2, 0.25) is 5.02 Å². The molecule has 1 heterocycles. The Balaban J connectivity index is 1.73. The van der Waals surface area contributed by atoms with Gasteiger partial charge in [0, 0.05) is 18.5 Å². The highest BCUT2D eigenvalue weighted by molar-refractivity contribution is 6.38. The molecule has 0 radical (unpaired) electrons. The maximum absolute atomic E-state index is 13.3. The predicted octanol–water partition coefficient (Wildman–Crippen LogP) is 2.94. The Morgan fingerprint density at radius 1 is 1.21 bits per heavy atom. The van der Waals surface area contributed by atoms with Crippen LogP contribution in [-0.2, 0) is 19.1 Å². The van der Waals surface area contributed by atoms with Crippen molar-refractivity contribution in [3.05, 3.63) is 53.6 Å². The third kappa shape index (κ3) is 5.81. The minimum Gasteiger partial charge on any atom is -0.495 e. The molecule has 0 fully saturated rings. The normalized spacial score (nSPS) is 15.0. The number of carbonyl (C=O) groups excluding carboxylic acids is 3. The largest absolute Gasteiger partial charge is 0.495 e. The molecule has 1 N–H and O–H groups in total. The van der Waals surface area contributed by atoms with E-state index >= 15 is 0 Å². The number of carbonyl (C=O) groups is 3. The lowest BCUT2D eigenvalue weighted by molar-refractivity contribution is -0.135. The summed E-state index contributed by atoms with van der Waals surface area (Å²) < 4.78 is 10.3. The second-order valence-electron chi connectivity index (χ2n) is 7.25. The van der Waals surface area contributed by atoms with E-state index in [1.165, 1.54) is 24.1 Å². The summed E-state index contributed by atoms with van der Waals surface area (Å²) in [4.78, 5) is 39.4. The second-order valence-corrected chi connectivity index (χ2v) is 7.69. The van der Waals surface area contributed by atoms with Gasteiger partial charge in [-0.2, -0.15) is 5.10 Å². The van der Waals surface area contributed by atoms with Gasteiger partial charge in [0.15, 0.2) is 0 Å². The molecule has 1 aliphatic rings. The fourth-order valence-corrected chi connectivity index (χ4v) is 3.55. The number of esters is 1. The van der Waals surface area contributed by atoms with Crippen LogP contribution in [0.5, 0.6) is 5.75 Å². The summed E-state index contributed by atoms with van der Waals surface area (Å²) >= 11 is 6.01. The summed E-state index contributed by atoms with van der Waals surface area (Å²) in [5.41, 5.74) is 1.20. The van der Waals surface area contributed by atoms with E-state index in [1.807, 2.05) is 18.2 Å². The van der Waals surface area contributed by atoms with Crippen LogP contribution in [0.15, 0.2) is 53.6 Å². The molecule has 1 atom stereocenters. The Kier molecular flexibility index (Phi) is 7.89. The molecule has 33 heavy (non-hydrogen) atoms. The van der Waals surface area contributed by atoms with E-state index in [2.05, 4.69) is 10.4 Å². The second kappa shape index (κ2) is 10.8. The van der Waals surface area contributed by atoms with Gasteiger partial charge >= 0.3 is 5.97 Å². The van der Waals surface area contributed by atoms with Crippen molar-refractivity contribution in [3.63, 3.8) is 0 Å². The molecule has 2 aromatic rings. The van der Waals surface area contributed by atoms with Gasteiger partial charge in [-0.1, -0.05) is 29.8 Å². The molecule has 1 unspecified atom stereocenters. The van der Waals surface area contributed by atoms with E-state index in [1.54, 1.807) is 37.3 Å². The number of amides is 2. The summed E-state index contributed by atoms with van der Waals surface area (Å²) in [7, 11) is 3.00. The van der Waals surface area contributed by atoms with Crippen molar-refractivity contribution in [3.8, 4) is 5.75 Å². The van der Waals surface area contributed by atoms with Crippen LogP contribution < -0.4 is 15.1 Å². The van der Waals surface area contributed by atoms with Gasteiger partial charge in [0.25, 0.3) is 0 Å². The van der Waals surface area contributed by atoms with E-state index in [4.69, 9.17) is 21.1 Å². The molecule has 2 amide bonds. The number of halogens is 1. The molecular weight excluding hydrogens is 448 g/mol. The first-order chi connectivity index (χ1) is 15.8. The zero-order valence-corrected chi connectivity index (χ0v) is 19.3. The van der Waals surface area contributed by atoms with Gasteiger partial charge in [-0.15, -0.1) is 0 Å². The van der Waals surface area contributed by atoms with Crippen LogP contribution in [-0.4, -0.2) is 61.7 Å². The van der Waals surface area contributed by atoms with Gasteiger partial charge in [0.2, 0.25) is 11.8 Å². The van der Waals surface area contributed by atoms with E-state index in [9.17, 15) is 14.4 Å². The van der Waals surface area contributed by atoms with Gasteiger partial charge in [-0.3, -0.25) is 14.6 Å². The Hall–Kier alpha value is -3.59. The van der Waals surface area contributed by atoms with Crippen molar-refractivity contribution in [2.45, 2.75) is 19.4 Å². The van der Waals surface area contributed by atoms with Gasteiger partial charge in [-0.25, -0.2) is 4.79 Å². The Morgan fingerprint density at radius 2 is 1.94 bits per heavy atom. The Bertz CT molecular complexity index is 1060. The summed E-state index contributed by atoms with van der Waals surface area (Å²) in [6, 6.07) is 13.1. The van der Waals surface area contributed by atoms with Gasteiger partial charge < -0.3 is 19.7 Å². The number of hydrazone groups is 1. The molecule has 9 nitrogen and oxygen atoms in total. The highest BCUT2D eigenvalue weighted by Crippen LogP contribution is 2.28. The van der Waals surface area contributed by atoms with Gasteiger partial charge in [0.1, 0.15) is 17.5 Å². The van der Waals surface area contributed by atoms with Crippen molar-refractivity contribution in [2.75, 3.05) is 37.6 Å². The maximum Gasteiger partial charge on any atom is 0.354 e. The number of rotatable bonds is 8. The molecule has 0 saturated heterocycles.